The summed E-state index contributed by atoms with van der Waals surface area (Å²) in [4.78, 5) is 12.8. The predicted octanol–water partition coefficient (Wildman–Crippen LogP) is 2.73. The molecule has 2 N–H and O–H groups in total. The second-order valence-electron chi connectivity index (χ2n) is 6.58. The zero-order valence-electron chi connectivity index (χ0n) is 15.8. The van der Waals surface area contributed by atoms with E-state index in [1.54, 1.807) is 24.0 Å². The molecule has 11 heteroatoms. The summed E-state index contributed by atoms with van der Waals surface area (Å²) in [6.45, 7) is -0.304. The average Bonchev–Trinajstić information content (AvgIpc) is 3.28. The van der Waals surface area contributed by atoms with Crippen molar-refractivity contribution in [1.29, 1.82) is 0 Å². The summed E-state index contributed by atoms with van der Waals surface area (Å²) in [5, 5.41) is 10.1. The highest BCUT2D eigenvalue weighted by molar-refractivity contribution is 5.94. The molecule has 29 heavy (non-hydrogen) atoms. The van der Waals surface area contributed by atoms with Crippen molar-refractivity contribution < 1.29 is 27.4 Å². The van der Waals surface area contributed by atoms with Gasteiger partial charge in [-0.2, -0.15) is 18.3 Å². The van der Waals surface area contributed by atoms with Gasteiger partial charge in [-0.05, 0) is 17.7 Å². The summed E-state index contributed by atoms with van der Waals surface area (Å²) in [7, 11) is 3.14. The van der Waals surface area contributed by atoms with Gasteiger partial charge in [-0.15, -0.1) is 12.4 Å². The zero-order chi connectivity index (χ0) is 20.3. The average molecular weight is 435 g/mol. The van der Waals surface area contributed by atoms with Gasteiger partial charge in [0.15, 0.2) is 18.1 Å². The van der Waals surface area contributed by atoms with Crippen LogP contribution in [0.3, 0.4) is 0 Å². The van der Waals surface area contributed by atoms with Gasteiger partial charge in [0, 0.05) is 44.0 Å². The first-order chi connectivity index (χ1) is 13.3. The number of methoxy groups -OCH3 is 1. The summed E-state index contributed by atoms with van der Waals surface area (Å²) < 4.78 is 48.9. The Morgan fingerprint density at radius 2 is 2.10 bits per heavy atom. The number of carbonyl (C=O) groups is 1. The van der Waals surface area contributed by atoms with Crippen molar-refractivity contribution >= 4 is 24.0 Å². The Kier molecular flexibility index (Phi) is 7.37. The van der Waals surface area contributed by atoms with Crippen molar-refractivity contribution in [3.05, 3.63) is 36.2 Å². The van der Waals surface area contributed by atoms with Gasteiger partial charge in [0.05, 0.1) is 19.2 Å². The number of nitrogens with zero attached hydrogens (tertiary/aromatic N) is 2. The number of carbonyl (C=O) groups excluding carboxylic acids is 1. The second-order valence-corrected chi connectivity index (χ2v) is 6.58. The number of benzene rings is 1. The molecule has 7 nitrogen and oxygen atoms in total. The summed E-state index contributed by atoms with van der Waals surface area (Å²) in [5.41, 5.74) is 1.29. The summed E-state index contributed by atoms with van der Waals surface area (Å²) >= 11 is 0. The Morgan fingerprint density at radius 3 is 2.72 bits per heavy atom. The molecule has 3 rings (SSSR count). The van der Waals surface area contributed by atoms with Crippen LogP contribution in [0.15, 0.2) is 30.6 Å². The topological polar surface area (TPSA) is 77.4 Å². The number of hydrogen-bond acceptors (Lipinski definition) is 5. The highest BCUT2D eigenvalue weighted by atomic mass is 35.5. The fourth-order valence-electron chi connectivity index (χ4n) is 3.20. The molecule has 160 valence electrons. The van der Waals surface area contributed by atoms with Crippen LogP contribution in [-0.4, -0.2) is 48.7 Å². The van der Waals surface area contributed by atoms with Crippen LogP contribution in [0.5, 0.6) is 11.5 Å². The van der Waals surface area contributed by atoms with Crippen molar-refractivity contribution in [3.8, 4) is 11.5 Å². The number of amides is 1. The summed E-state index contributed by atoms with van der Waals surface area (Å²) in [6.07, 6.45) is -0.875. The van der Waals surface area contributed by atoms with Crippen molar-refractivity contribution in [2.24, 2.45) is 13.0 Å². The standard InChI is InChI=1S/C18H21F3N4O3.ClH/c1-25-9-11(6-23-25)13-7-22-8-14(13)17(26)24-12-3-4-15(27-2)16(5-12)28-10-18(19,20)21;/h3-6,9,13-14,22H,7-8,10H2,1-2H3,(H,24,26);1H/t13-,14+;/m1./s1. The van der Waals surface area contributed by atoms with Crippen molar-refractivity contribution in [1.82, 2.24) is 15.1 Å². The van der Waals surface area contributed by atoms with E-state index in [9.17, 15) is 18.0 Å². The van der Waals surface area contributed by atoms with Crippen molar-refractivity contribution in [3.63, 3.8) is 0 Å². The molecule has 1 amide bonds. The fourth-order valence-corrected chi connectivity index (χ4v) is 3.20. The van der Waals surface area contributed by atoms with Crippen LogP contribution in [0.2, 0.25) is 0 Å². The number of alkyl halides is 3. The maximum absolute atomic E-state index is 12.8. The summed E-state index contributed by atoms with van der Waals surface area (Å²) in [5.74, 6) is -0.534. The number of nitrogens with one attached hydrogen (secondary N) is 2. The van der Waals surface area contributed by atoms with E-state index in [0.29, 0.717) is 18.8 Å². The third kappa shape index (κ3) is 5.77. The minimum Gasteiger partial charge on any atom is -0.493 e. The molecule has 0 radical (unpaired) electrons. The molecule has 1 fully saturated rings. The number of hydrogen-bond donors (Lipinski definition) is 2. The molecule has 1 saturated heterocycles. The maximum atomic E-state index is 12.8. The van der Waals surface area contributed by atoms with E-state index in [4.69, 9.17) is 9.47 Å². The molecule has 1 aromatic heterocycles. The first-order valence-electron chi connectivity index (χ1n) is 8.64. The monoisotopic (exact) mass is 434 g/mol. The van der Waals surface area contributed by atoms with Crippen LogP contribution in [0.1, 0.15) is 11.5 Å². The van der Waals surface area contributed by atoms with Gasteiger partial charge in [0.1, 0.15) is 0 Å². The van der Waals surface area contributed by atoms with Crippen LogP contribution in [-0.2, 0) is 11.8 Å². The van der Waals surface area contributed by atoms with Gasteiger partial charge < -0.3 is 20.1 Å². The molecule has 2 aromatic rings. The van der Waals surface area contributed by atoms with Gasteiger partial charge in [-0.1, -0.05) is 0 Å². The molecule has 0 bridgehead atoms. The highest BCUT2D eigenvalue weighted by Crippen LogP contribution is 2.33. The molecular formula is C18H22ClF3N4O3. The molecule has 0 aliphatic carbocycles. The van der Waals surface area contributed by atoms with Crippen LogP contribution in [0, 0.1) is 5.92 Å². The second kappa shape index (κ2) is 9.36. The molecule has 1 aliphatic rings. The van der Waals surface area contributed by atoms with Crippen molar-refractivity contribution in [2.75, 3.05) is 32.1 Å². The molecule has 1 aliphatic heterocycles. The zero-order valence-corrected chi connectivity index (χ0v) is 16.6. The van der Waals surface area contributed by atoms with Crippen LogP contribution < -0.4 is 20.1 Å². The molecule has 1 aromatic carbocycles. The van der Waals surface area contributed by atoms with E-state index in [-0.39, 0.29) is 41.6 Å². The van der Waals surface area contributed by atoms with E-state index in [1.807, 2.05) is 6.20 Å². The Labute approximate surface area is 172 Å². The lowest BCUT2D eigenvalue weighted by Gasteiger charge is -2.18. The van der Waals surface area contributed by atoms with E-state index in [1.165, 1.54) is 19.2 Å². The smallest absolute Gasteiger partial charge is 0.422 e. The molecule has 0 spiro atoms. The maximum Gasteiger partial charge on any atom is 0.422 e. The lowest BCUT2D eigenvalue weighted by Crippen LogP contribution is -2.28. The Balaban J connectivity index is 0.00000300. The van der Waals surface area contributed by atoms with Gasteiger partial charge in [0.25, 0.3) is 0 Å². The van der Waals surface area contributed by atoms with E-state index < -0.39 is 12.8 Å². The lowest BCUT2D eigenvalue weighted by molar-refractivity contribution is -0.153. The van der Waals surface area contributed by atoms with Gasteiger partial charge >= 0.3 is 6.18 Å². The summed E-state index contributed by atoms with van der Waals surface area (Å²) in [6, 6.07) is 4.33. The Hall–Kier alpha value is -2.46. The van der Waals surface area contributed by atoms with Gasteiger partial charge in [-0.25, -0.2) is 0 Å². The largest absolute Gasteiger partial charge is 0.493 e. The minimum absolute atomic E-state index is 0. The molecule has 2 heterocycles. The van der Waals surface area contributed by atoms with E-state index in [2.05, 4.69) is 15.7 Å². The third-order valence-electron chi connectivity index (χ3n) is 4.53. The lowest BCUT2D eigenvalue weighted by atomic mass is 9.90. The van der Waals surface area contributed by atoms with Crippen LogP contribution in [0.25, 0.3) is 0 Å². The fraction of sp³-hybridized carbons (Fsp3) is 0.444. The minimum atomic E-state index is -4.48. The number of halogens is 4. The van der Waals surface area contributed by atoms with E-state index >= 15 is 0 Å². The number of aromatic nitrogens is 2. The van der Waals surface area contributed by atoms with Crippen molar-refractivity contribution in [2.45, 2.75) is 12.1 Å². The molecular weight excluding hydrogens is 413 g/mol. The molecule has 0 unspecified atom stereocenters. The van der Waals surface area contributed by atoms with Crippen LogP contribution in [0.4, 0.5) is 18.9 Å². The quantitative estimate of drug-likeness (QED) is 0.731. The van der Waals surface area contributed by atoms with Gasteiger partial charge in [0.2, 0.25) is 5.91 Å². The molecule has 0 saturated carbocycles. The third-order valence-corrected chi connectivity index (χ3v) is 4.53. The highest BCUT2D eigenvalue weighted by Gasteiger charge is 2.35. The normalized spacial score (nSPS) is 18.8. The number of aryl methyl sites for hydroxylation is 1. The molecule has 2 atom stereocenters. The Bertz CT molecular complexity index is 844. The van der Waals surface area contributed by atoms with Gasteiger partial charge in [-0.3, -0.25) is 9.48 Å². The Morgan fingerprint density at radius 1 is 1.34 bits per heavy atom. The first kappa shape index (κ1) is 22.8. The first-order valence-corrected chi connectivity index (χ1v) is 8.64. The number of rotatable bonds is 6. The number of ether oxygens (including phenoxy) is 2. The number of anilines is 1. The SMILES string of the molecule is COc1ccc(NC(=O)[C@H]2CNC[C@@H]2c2cnn(C)c2)cc1OCC(F)(F)F.Cl. The van der Waals surface area contributed by atoms with E-state index in [0.717, 1.165) is 5.56 Å². The van der Waals surface area contributed by atoms with Crippen LogP contribution >= 0.6 is 12.4 Å². The predicted molar refractivity (Wildman–Crippen MR) is 103 cm³/mol.